The molecular weight excluding hydrogens is 215 g/mol. The molecule has 1 rings (SSSR count). The van der Waals surface area contributed by atoms with Gasteiger partial charge in [-0.1, -0.05) is 29.8 Å². The Labute approximate surface area is 92.8 Å². The monoisotopic (exact) mass is 229 g/mol. The second kappa shape index (κ2) is 4.70. The second-order valence-electron chi connectivity index (χ2n) is 3.76. The average Bonchev–Trinajstić information content (AvgIpc) is 2.16. The van der Waals surface area contributed by atoms with Gasteiger partial charge in [-0.25, -0.2) is 0 Å². The zero-order chi connectivity index (χ0) is 12.3. The SMILES string of the molecule is C/C(=C\c1ccccc1C(F)(F)F)C(C)N. The fourth-order valence-electron chi connectivity index (χ4n) is 1.26. The molecule has 0 saturated carbocycles. The molecule has 88 valence electrons. The summed E-state index contributed by atoms with van der Waals surface area (Å²) < 4.78 is 37.9. The zero-order valence-electron chi connectivity index (χ0n) is 9.18. The maximum absolute atomic E-state index is 12.6. The summed E-state index contributed by atoms with van der Waals surface area (Å²) in [5.74, 6) is 0. The Morgan fingerprint density at radius 1 is 1.31 bits per heavy atom. The number of alkyl halides is 3. The van der Waals surface area contributed by atoms with E-state index in [0.29, 0.717) is 0 Å². The van der Waals surface area contributed by atoms with Gasteiger partial charge in [-0.05, 0) is 25.5 Å². The molecule has 1 aromatic rings. The summed E-state index contributed by atoms with van der Waals surface area (Å²) in [6.07, 6.45) is -2.85. The number of hydrogen-bond acceptors (Lipinski definition) is 1. The lowest BCUT2D eigenvalue weighted by atomic mass is 10.0. The van der Waals surface area contributed by atoms with Gasteiger partial charge in [0, 0.05) is 6.04 Å². The third-order valence-electron chi connectivity index (χ3n) is 2.37. The van der Waals surface area contributed by atoms with E-state index in [2.05, 4.69) is 0 Å². The van der Waals surface area contributed by atoms with Crippen molar-refractivity contribution in [1.29, 1.82) is 0 Å². The van der Waals surface area contributed by atoms with Crippen LogP contribution in [0, 0.1) is 0 Å². The first-order valence-corrected chi connectivity index (χ1v) is 4.92. The first-order chi connectivity index (χ1) is 7.32. The zero-order valence-corrected chi connectivity index (χ0v) is 9.18. The van der Waals surface area contributed by atoms with E-state index >= 15 is 0 Å². The molecule has 16 heavy (non-hydrogen) atoms. The van der Waals surface area contributed by atoms with Crippen molar-refractivity contribution in [3.05, 3.63) is 41.0 Å². The molecule has 1 unspecified atom stereocenters. The normalized spacial score (nSPS) is 15.0. The lowest BCUT2D eigenvalue weighted by Gasteiger charge is -2.11. The van der Waals surface area contributed by atoms with Crippen LogP contribution >= 0.6 is 0 Å². The molecule has 1 aromatic carbocycles. The van der Waals surface area contributed by atoms with E-state index in [9.17, 15) is 13.2 Å². The Morgan fingerprint density at radius 3 is 2.38 bits per heavy atom. The van der Waals surface area contributed by atoms with Gasteiger partial charge in [-0.2, -0.15) is 13.2 Å². The Hall–Kier alpha value is -1.29. The summed E-state index contributed by atoms with van der Waals surface area (Å²) in [4.78, 5) is 0. The van der Waals surface area contributed by atoms with Crippen LogP contribution in [0.15, 0.2) is 29.8 Å². The molecule has 0 amide bonds. The molecule has 0 heterocycles. The van der Waals surface area contributed by atoms with E-state index in [0.717, 1.165) is 11.6 Å². The van der Waals surface area contributed by atoms with Crippen LogP contribution in [0.3, 0.4) is 0 Å². The first kappa shape index (κ1) is 12.8. The van der Waals surface area contributed by atoms with Crippen LogP contribution in [0.25, 0.3) is 6.08 Å². The molecule has 0 aliphatic carbocycles. The maximum atomic E-state index is 12.6. The minimum atomic E-state index is -4.33. The minimum Gasteiger partial charge on any atom is -0.324 e. The lowest BCUT2D eigenvalue weighted by Crippen LogP contribution is -2.16. The van der Waals surface area contributed by atoms with Crippen LogP contribution in [-0.2, 0) is 6.18 Å². The average molecular weight is 229 g/mol. The number of rotatable bonds is 2. The molecule has 0 saturated heterocycles. The highest BCUT2D eigenvalue weighted by Gasteiger charge is 2.32. The summed E-state index contributed by atoms with van der Waals surface area (Å²) in [6, 6.07) is 5.22. The topological polar surface area (TPSA) is 26.0 Å². The van der Waals surface area contributed by atoms with E-state index in [1.807, 2.05) is 0 Å². The summed E-state index contributed by atoms with van der Waals surface area (Å²) >= 11 is 0. The molecule has 1 nitrogen and oxygen atoms in total. The highest BCUT2D eigenvalue weighted by molar-refractivity contribution is 5.57. The van der Waals surface area contributed by atoms with Gasteiger partial charge in [0.25, 0.3) is 0 Å². The highest BCUT2D eigenvalue weighted by Crippen LogP contribution is 2.32. The smallest absolute Gasteiger partial charge is 0.324 e. The number of nitrogens with two attached hydrogens (primary N) is 1. The molecule has 0 fully saturated rings. The quantitative estimate of drug-likeness (QED) is 0.825. The van der Waals surface area contributed by atoms with Crippen LogP contribution in [0.5, 0.6) is 0 Å². The Bertz CT molecular complexity index is 391. The third kappa shape index (κ3) is 3.10. The highest BCUT2D eigenvalue weighted by atomic mass is 19.4. The van der Waals surface area contributed by atoms with Gasteiger partial charge in [0.1, 0.15) is 0 Å². The number of hydrogen-bond donors (Lipinski definition) is 1. The molecule has 2 N–H and O–H groups in total. The van der Waals surface area contributed by atoms with E-state index in [1.165, 1.54) is 18.2 Å². The Morgan fingerprint density at radius 2 is 1.88 bits per heavy atom. The maximum Gasteiger partial charge on any atom is 0.416 e. The molecule has 0 spiro atoms. The molecule has 0 radical (unpaired) electrons. The van der Waals surface area contributed by atoms with E-state index in [1.54, 1.807) is 19.9 Å². The summed E-state index contributed by atoms with van der Waals surface area (Å²) in [7, 11) is 0. The molecule has 0 aromatic heterocycles. The fraction of sp³-hybridized carbons (Fsp3) is 0.333. The van der Waals surface area contributed by atoms with Gasteiger partial charge in [-0.15, -0.1) is 0 Å². The summed E-state index contributed by atoms with van der Waals surface area (Å²) in [5, 5.41) is 0. The molecule has 0 aliphatic rings. The predicted molar refractivity (Wildman–Crippen MR) is 58.7 cm³/mol. The van der Waals surface area contributed by atoms with Crippen LogP contribution < -0.4 is 5.73 Å². The summed E-state index contributed by atoms with van der Waals surface area (Å²) in [6.45, 7) is 3.46. The molecule has 1 atom stereocenters. The van der Waals surface area contributed by atoms with Crippen molar-refractivity contribution in [3.8, 4) is 0 Å². The Kier molecular flexibility index (Phi) is 3.75. The van der Waals surface area contributed by atoms with Crippen molar-refractivity contribution < 1.29 is 13.2 Å². The Balaban J connectivity index is 3.20. The molecule has 0 aliphatic heterocycles. The number of benzene rings is 1. The first-order valence-electron chi connectivity index (χ1n) is 4.92. The van der Waals surface area contributed by atoms with Gasteiger partial charge in [0.15, 0.2) is 0 Å². The van der Waals surface area contributed by atoms with E-state index in [-0.39, 0.29) is 11.6 Å². The molecule has 0 bridgehead atoms. The number of halogens is 3. The van der Waals surface area contributed by atoms with Crippen molar-refractivity contribution in [2.45, 2.75) is 26.1 Å². The molecule has 4 heteroatoms. The van der Waals surface area contributed by atoms with Gasteiger partial charge in [0.05, 0.1) is 5.56 Å². The largest absolute Gasteiger partial charge is 0.416 e. The van der Waals surface area contributed by atoms with Crippen molar-refractivity contribution in [2.75, 3.05) is 0 Å². The molecular formula is C12H14F3N. The van der Waals surface area contributed by atoms with Gasteiger partial charge in [-0.3, -0.25) is 0 Å². The van der Waals surface area contributed by atoms with Gasteiger partial charge in [0.2, 0.25) is 0 Å². The van der Waals surface area contributed by atoms with Crippen LogP contribution in [0.2, 0.25) is 0 Å². The lowest BCUT2D eigenvalue weighted by molar-refractivity contribution is -0.137. The third-order valence-corrected chi connectivity index (χ3v) is 2.37. The van der Waals surface area contributed by atoms with Gasteiger partial charge < -0.3 is 5.73 Å². The van der Waals surface area contributed by atoms with Crippen LogP contribution in [0.1, 0.15) is 25.0 Å². The van der Waals surface area contributed by atoms with Crippen molar-refractivity contribution in [2.24, 2.45) is 5.73 Å². The van der Waals surface area contributed by atoms with Crippen molar-refractivity contribution >= 4 is 6.08 Å². The van der Waals surface area contributed by atoms with E-state index in [4.69, 9.17) is 5.73 Å². The van der Waals surface area contributed by atoms with E-state index < -0.39 is 11.7 Å². The second-order valence-corrected chi connectivity index (χ2v) is 3.76. The predicted octanol–water partition coefficient (Wildman–Crippen LogP) is 3.46. The minimum absolute atomic E-state index is 0.157. The van der Waals surface area contributed by atoms with Crippen molar-refractivity contribution in [3.63, 3.8) is 0 Å². The fourth-order valence-corrected chi connectivity index (χ4v) is 1.26. The van der Waals surface area contributed by atoms with Crippen LogP contribution in [-0.4, -0.2) is 6.04 Å². The standard InChI is InChI=1S/C12H14F3N/c1-8(9(2)16)7-10-5-3-4-6-11(10)12(13,14)15/h3-7,9H,16H2,1-2H3/b8-7+. The van der Waals surface area contributed by atoms with Crippen LogP contribution in [0.4, 0.5) is 13.2 Å². The van der Waals surface area contributed by atoms with Gasteiger partial charge >= 0.3 is 6.18 Å². The van der Waals surface area contributed by atoms with Crippen molar-refractivity contribution in [1.82, 2.24) is 0 Å². The summed E-state index contributed by atoms with van der Waals surface area (Å²) in [5.41, 5.74) is 5.84.